The van der Waals surface area contributed by atoms with E-state index in [1.807, 2.05) is 23.9 Å². The number of anilines is 1. The molecule has 0 atom stereocenters. The number of thiophene rings is 1. The molecule has 138 valence electrons. The van der Waals surface area contributed by atoms with Gasteiger partial charge in [-0.25, -0.2) is 8.42 Å². The first-order valence-corrected chi connectivity index (χ1v) is 10.6. The molecule has 0 radical (unpaired) electrons. The van der Waals surface area contributed by atoms with E-state index >= 15 is 0 Å². The smallest absolute Gasteiger partial charge is 0.248 e. The maximum Gasteiger partial charge on any atom is 0.248 e. The number of nitrogens with one attached hydrogen (secondary N) is 1. The highest BCUT2D eigenvalue weighted by atomic mass is 32.2. The Hall–Kier alpha value is -2.00. The Balaban J connectivity index is 1.63. The number of sulfonamides is 1. The summed E-state index contributed by atoms with van der Waals surface area (Å²) in [6, 6.07) is 8.21. The van der Waals surface area contributed by atoms with E-state index in [0.717, 1.165) is 18.7 Å². The van der Waals surface area contributed by atoms with E-state index in [-0.39, 0.29) is 10.8 Å². The summed E-state index contributed by atoms with van der Waals surface area (Å²) in [7, 11) is -1.51. The van der Waals surface area contributed by atoms with E-state index in [1.165, 1.54) is 22.5 Å². The van der Waals surface area contributed by atoms with Gasteiger partial charge in [-0.1, -0.05) is 0 Å². The van der Waals surface area contributed by atoms with Gasteiger partial charge in [0.15, 0.2) is 0 Å². The molecule has 3 rings (SSSR count). The first-order valence-electron chi connectivity index (χ1n) is 8.25. The lowest BCUT2D eigenvalue weighted by molar-refractivity contribution is -0.111. The number of likely N-dealkylation sites (N-methyl/N-ethyl adjacent to an activating group) is 1. The number of nitrogens with zero attached hydrogens (tertiary/aromatic N) is 2. The third-order valence-corrected chi connectivity index (χ3v) is 6.81. The molecular formula is C18H21N3O3S2. The van der Waals surface area contributed by atoms with Crippen molar-refractivity contribution in [2.75, 3.05) is 38.5 Å². The van der Waals surface area contributed by atoms with Crippen LogP contribution in [-0.2, 0) is 14.8 Å². The molecule has 0 unspecified atom stereocenters. The SMILES string of the molecule is CN1CCN(S(=O)(=O)c2ccc(NC(=O)/C=C/c3ccsc3)cc2)CC1. The predicted molar refractivity (Wildman–Crippen MR) is 105 cm³/mol. The first-order chi connectivity index (χ1) is 12.4. The Morgan fingerprint density at radius 1 is 1.12 bits per heavy atom. The van der Waals surface area contributed by atoms with Crippen LogP contribution in [0.15, 0.2) is 52.1 Å². The number of carbonyl (C=O) groups is 1. The van der Waals surface area contributed by atoms with E-state index < -0.39 is 10.0 Å². The van der Waals surface area contributed by atoms with Crippen LogP contribution in [0.1, 0.15) is 5.56 Å². The molecule has 1 amide bonds. The van der Waals surface area contributed by atoms with Crippen LogP contribution in [0.2, 0.25) is 0 Å². The summed E-state index contributed by atoms with van der Waals surface area (Å²) in [5.41, 5.74) is 1.53. The predicted octanol–water partition coefficient (Wildman–Crippen LogP) is 2.34. The van der Waals surface area contributed by atoms with Gasteiger partial charge in [-0.2, -0.15) is 15.6 Å². The molecule has 0 saturated carbocycles. The molecular weight excluding hydrogens is 370 g/mol. The Morgan fingerprint density at radius 3 is 2.42 bits per heavy atom. The third-order valence-electron chi connectivity index (χ3n) is 4.19. The fourth-order valence-electron chi connectivity index (χ4n) is 2.61. The quantitative estimate of drug-likeness (QED) is 0.795. The van der Waals surface area contributed by atoms with Crippen molar-refractivity contribution in [1.82, 2.24) is 9.21 Å². The van der Waals surface area contributed by atoms with E-state index in [9.17, 15) is 13.2 Å². The summed E-state index contributed by atoms with van der Waals surface area (Å²) in [5, 5.41) is 6.62. The van der Waals surface area contributed by atoms with Crippen molar-refractivity contribution in [3.63, 3.8) is 0 Å². The molecule has 1 fully saturated rings. The lowest BCUT2D eigenvalue weighted by Gasteiger charge is -2.31. The molecule has 1 N–H and O–H groups in total. The van der Waals surface area contributed by atoms with Crippen LogP contribution in [0.4, 0.5) is 5.69 Å². The highest BCUT2D eigenvalue weighted by Crippen LogP contribution is 2.19. The van der Waals surface area contributed by atoms with Crippen molar-refractivity contribution in [3.8, 4) is 0 Å². The first kappa shape index (κ1) is 18.8. The maximum absolute atomic E-state index is 12.7. The molecule has 0 aliphatic carbocycles. The largest absolute Gasteiger partial charge is 0.323 e. The molecule has 0 bridgehead atoms. The fraction of sp³-hybridized carbons (Fsp3) is 0.278. The van der Waals surface area contributed by atoms with Gasteiger partial charge in [-0.15, -0.1) is 0 Å². The van der Waals surface area contributed by atoms with Crippen LogP contribution >= 0.6 is 11.3 Å². The van der Waals surface area contributed by atoms with Crippen LogP contribution in [0, 0.1) is 0 Å². The molecule has 0 spiro atoms. The third kappa shape index (κ3) is 4.59. The van der Waals surface area contributed by atoms with Crippen molar-refractivity contribution >= 4 is 39.0 Å². The van der Waals surface area contributed by atoms with Crippen molar-refractivity contribution in [2.24, 2.45) is 0 Å². The van der Waals surface area contributed by atoms with Gasteiger partial charge in [0.2, 0.25) is 15.9 Å². The number of hydrogen-bond acceptors (Lipinski definition) is 5. The van der Waals surface area contributed by atoms with Gasteiger partial charge in [0.25, 0.3) is 0 Å². The Morgan fingerprint density at radius 2 is 1.81 bits per heavy atom. The summed E-state index contributed by atoms with van der Waals surface area (Å²) in [4.78, 5) is 14.3. The normalized spacial score (nSPS) is 16.8. The zero-order valence-corrected chi connectivity index (χ0v) is 16.1. The van der Waals surface area contributed by atoms with E-state index in [2.05, 4.69) is 10.2 Å². The average Bonchev–Trinajstić information content (AvgIpc) is 3.14. The highest BCUT2D eigenvalue weighted by molar-refractivity contribution is 7.89. The monoisotopic (exact) mass is 391 g/mol. The van der Waals surface area contributed by atoms with E-state index in [4.69, 9.17) is 0 Å². The molecule has 2 aromatic rings. The van der Waals surface area contributed by atoms with Gasteiger partial charge in [0.05, 0.1) is 4.90 Å². The van der Waals surface area contributed by atoms with Crippen molar-refractivity contribution < 1.29 is 13.2 Å². The number of benzene rings is 1. The van der Waals surface area contributed by atoms with Crippen LogP contribution in [-0.4, -0.2) is 56.8 Å². The summed E-state index contributed by atoms with van der Waals surface area (Å²) in [6.45, 7) is 2.43. The topological polar surface area (TPSA) is 69.7 Å². The number of amides is 1. The Kier molecular flexibility index (Phi) is 5.87. The maximum atomic E-state index is 12.7. The van der Waals surface area contributed by atoms with Crippen molar-refractivity contribution in [3.05, 3.63) is 52.7 Å². The van der Waals surface area contributed by atoms with Gasteiger partial charge in [-0.05, 0) is 59.8 Å². The summed E-state index contributed by atoms with van der Waals surface area (Å²) >= 11 is 1.56. The zero-order valence-electron chi connectivity index (χ0n) is 14.5. The molecule has 1 aliphatic heterocycles. The number of piperazine rings is 1. The fourth-order valence-corrected chi connectivity index (χ4v) is 4.66. The second-order valence-corrected chi connectivity index (χ2v) is 8.83. The summed E-state index contributed by atoms with van der Waals surface area (Å²) < 4.78 is 26.8. The van der Waals surface area contributed by atoms with Crippen LogP contribution < -0.4 is 5.32 Å². The number of rotatable bonds is 5. The molecule has 2 heterocycles. The van der Waals surface area contributed by atoms with Crippen molar-refractivity contribution in [1.29, 1.82) is 0 Å². The standard InChI is InChI=1S/C18H21N3O3S2/c1-20-9-11-21(12-10-20)26(23,24)17-5-3-16(4-6-17)19-18(22)7-2-15-8-13-25-14-15/h2-8,13-14H,9-12H2,1H3,(H,19,22)/b7-2+. The minimum absolute atomic E-state index is 0.244. The molecule has 1 saturated heterocycles. The van der Waals surface area contributed by atoms with Crippen molar-refractivity contribution in [2.45, 2.75) is 4.90 Å². The Bertz CT molecular complexity index is 867. The van der Waals surface area contributed by atoms with Gasteiger partial charge in [0.1, 0.15) is 0 Å². The Labute approximate surface area is 157 Å². The van der Waals surface area contributed by atoms with Crippen LogP contribution in [0.5, 0.6) is 0 Å². The van der Waals surface area contributed by atoms with Crippen LogP contribution in [0.3, 0.4) is 0 Å². The van der Waals surface area contributed by atoms with Gasteiger partial charge < -0.3 is 10.2 Å². The zero-order chi connectivity index (χ0) is 18.6. The van der Waals surface area contributed by atoms with E-state index in [0.29, 0.717) is 18.8 Å². The molecule has 1 aromatic heterocycles. The summed E-state index contributed by atoms with van der Waals surface area (Å²) in [6.07, 6.45) is 3.19. The van der Waals surface area contributed by atoms with E-state index in [1.54, 1.807) is 29.5 Å². The average molecular weight is 392 g/mol. The lowest BCUT2D eigenvalue weighted by atomic mass is 10.3. The molecule has 8 heteroatoms. The minimum atomic E-state index is -3.49. The highest BCUT2D eigenvalue weighted by Gasteiger charge is 2.27. The van der Waals surface area contributed by atoms with Gasteiger partial charge in [0, 0.05) is 37.9 Å². The van der Waals surface area contributed by atoms with Crippen LogP contribution in [0.25, 0.3) is 6.08 Å². The number of hydrogen-bond donors (Lipinski definition) is 1. The lowest BCUT2D eigenvalue weighted by Crippen LogP contribution is -2.46. The van der Waals surface area contributed by atoms with Gasteiger partial charge >= 0.3 is 0 Å². The molecule has 6 nitrogen and oxygen atoms in total. The number of carbonyl (C=O) groups excluding carboxylic acids is 1. The minimum Gasteiger partial charge on any atom is -0.323 e. The molecule has 1 aliphatic rings. The van der Waals surface area contributed by atoms with Gasteiger partial charge in [-0.3, -0.25) is 4.79 Å². The second-order valence-electron chi connectivity index (χ2n) is 6.11. The second kappa shape index (κ2) is 8.13. The molecule has 1 aromatic carbocycles. The summed E-state index contributed by atoms with van der Waals surface area (Å²) in [5.74, 6) is -0.258. The molecule has 26 heavy (non-hydrogen) atoms.